The summed E-state index contributed by atoms with van der Waals surface area (Å²) in [5.41, 5.74) is 2.76. The summed E-state index contributed by atoms with van der Waals surface area (Å²) in [4.78, 5) is 9.58. The Bertz CT molecular complexity index is 1280. The predicted octanol–water partition coefficient (Wildman–Crippen LogP) is 5.40. The first-order valence-corrected chi connectivity index (χ1v) is 11.3. The monoisotopic (exact) mass is 461 g/mol. The first-order chi connectivity index (χ1) is 16.2. The van der Waals surface area contributed by atoms with Crippen LogP contribution in [0.3, 0.4) is 0 Å². The molecule has 0 aliphatic carbocycles. The Morgan fingerprint density at radius 3 is 2.42 bits per heavy atom. The average molecular weight is 462 g/mol. The summed E-state index contributed by atoms with van der Waals surface area (Å²) in [6, 6.07) is 16.1. The van der Waals surface area contributed by atoms with Crippen LogP contribution in [0.5, 0.6) is 17.2 Å². The zero-order valence-corrected chi connectivity index (χ0v) is 19.3. The Balaban J connectivity index is 1.55. The number of ether oxygens (including phenoxy) is 3. The summed E-state index contributed by atoms with van der Waals surface area (Å²) in [6.07, 6.45) is 2.75. The molecule has 5 rings (SSSR count). The van der Waals surface area contributed by atoms with Gasteiger partial charge < -0.3 is 19.5 Å². The Morgan fingerprint density at radius 2 is 1.73 bits per heavy atom. The normalized spacial score (nSPS) is 15.1. The Labute approximate surface area is 195 Å². The molecule has 0 fully saturated rings. The molecule has 33 heavy (non-hydrogen) atoms. The van der Waals surface area contributed by atoms with Gasteiger partial charge in [-0.15, -0.1) is 11.3 Å². The van der Waals surface area contributed by atoms with E-state index in [1.54, 1.807) is 32.7 Å². The van der Waals surface area contributed by atoms with Gasteiger partial charge in [0.25, 0.3) is 0 Å². The standard InChI is InChI=1S/C24H23N5O3S/c1-30-19-13-16(14-20(31-2)21(19)32-3)26-24-27-17-10-12-33-22(17)23(28-24)29-18(9-11-25-29)15-7-5-4-6-8-15/h4-8,10-14,18H,9H2,1-3H3,(H,26,27,28). The Hall–Kier alpha value is -3.85. The number of nitrogens with one attached hydrogen (secondary N) is 1. The second-order valence-electron chi connectivity index (χ2n) is 7.35. The maximum atomic E-state index is 5.47. The van der Waals surface area contributed by atoms with E-state index in [9.17, 15) is 0 Å². The van der Waals surface area contributed by atoms with Crippen LogP contribution in [-0.2, 0) is 0 Å². The van der Waals surface area contributed by atoms with Gasteiger partial charge in [-0.3, -0.25) is 0 Å². The first kappa shape index (κ1) is 21.0. The minimum Gasteiger partial charge on any atom is -0.493 e. The molecule has 0 radical (unpaired) electrons. The third-order valence-corrected chi connectivity index (χ3v) is 6.34. The van der Waals surface area contributed by atoms with Crippen LogP contribution in [0.15, 0.2) is 59.0 Å². The molecule has 1 aliphatic heterocycles. The molecule has 168 valence electrons. The van der Waals surface area contributed by atoms with Gasteiger partial charge in [-0.05, 0) is 17.0 Å². The summed E-state index contributed by atoms with van der Waals surface area (Å²) in [5.74, 6) is 2.85. The van der Waals surface area contributed by atoms with Crippen LogP contribution >= 0.6 is 11.3 Å². The van der Waals surface area contributed by atoms with Gasteiger partial charge in [-0.25, -0.2) is 9.99 Å². The second kappa shape index (κ2) is 8.95. The highest BCUT2D eigenvalue weighted by molar-refractivity contribution is 7.17. The second-order valence-corrected chi connectivity index (χ2v) is 8.27. The quantitative estimate of drug-likeness (QED) is 0.395. The maximum Gasteiger partial charge on any atom is 0.229 e. The molecule has 9 heteroatoms. The SMILES string of the molecule is COc1cc(Nc2nc(N3N=CCC3c3ccccc3)c3sccc3n2)cc(OC)c1OC. The zero-order valence-electron chi connectivity index (χ0n) is 18.5. The minimum absolute atomic E-state index is 0.0837. The van der Waals surface area contributed by atoms with E-state index in [1.807, 2.05) is 53.0 Å². The number of hydrazone groups is 1. The zero-order chi connectivity index (χ0) is 22.8. The van der Waals surface area contributed by atoms with Crippen molar-refractivity contribution in [3.8, 4) is 17.2 Å². The van der Waals surface area contributed by atoms with Crippen LogP contribution in [0.25, 0.3) is 10.2 Å². The first-order valence-electron chi connectivity index (χ1n) is 10.4. The number of rotatable bonds is 7. The molecule has 0 bridgehead atoms. The lowest BCUT2D eigenvalue weighted by Crippen LogP contribution is -2.20. The van der Waals surface area contributed by atoms with Gasteiger partial charge >= 0.3 is 0 Å². The van der Waals surface area contributed by atoms with Crippen molar-refractivity contribution >= 4 is 45.2 Å². The third-order valence-electron chi connectivity index (χ3n) is 5.44. The Morgan fingerprint density at radius 1 is 0.970 bits per heavy atom. The van der Waals surface area contributed by atoms with E-state index in [0.717, 1.165) is 28.1 Å². The highest BCUT2D eigenvalue weighted by atomic mass is 32.1. The number of methoxy groups -OCH3 is 3. The largest absolute Gasteiger partial charge is 0.493 e. The topological polar surface area (TPSA) is 81.1 Å². The van der Waals surface area contributed by atoms with Gasteiger partial charge in [-0.2, -0.15) is 10.1 Å². The van der Waals surface area contributed by atoms with Gasteiger partial charge in [0.2, 0.25) is 11.7 Å². The third kappa shape index (κ3) is 3.91. The van der Waals surface area contributed by atoms with Crippen molar-refractivity contribution < 1.29 is 14.2 Å². The van der Waals surface area contributed by atoms with Gasteiger partial charge in [0.15, 0.2) is 17.3 Å². The van der Waals surface area contributed by atoms with Crippen molar-refractivity contribution in [3.05, 3.63) is 59.5 Å². The number of aromatic nitrogens is 2. The number of nitrogens with zero attached hydrogens (tertiary/aromatic N) is 4. The molecule has 0 amide bonds. The summed E-state index contributed by atoms with van der Waals surface area (Å²) in [5, 5.41) is 12.0. The van der Waals surface area contributed by atoms with Crippen molar-refractivity contribution in [1.82, 2.24) is 9.97 Å². The number of anilines is 3. The van der Waals surface area contributed by atoms with E-state index in [4.69, 9.17) is 24.2 Å². The molecule has 1 N–H and O–H groups in total. The average Bonchev–Trinajstić information content (AvgIpc) is 3.53. The fourth-order valence-electron chi connectivity index (χ4n) is 3.91. The lowest BCUT2D eigenvalue weighted by molar-refractivity contribution is 0.324. The fraction of sp³-hybridized carbons (Fsp3) is 0.208. The van der Waals surface area contributed by atoms with Gasteiger partial charge in [0.1, 0.15) is 0 Å². The summed E-state index contributed by atoms with van der Waals surface area (Å²) >= 11 is 1.61. The fourth-order valence-corrected chi connectivity index (χ4v) is 4.72. The number of hydrogen-bond donors (Lipinski definition) is 1. The molecule has 0 saturated carbocycles. The van der Waals surface area contributed by atoms with E-state index < -0.39 is 0 Å². The maximum absolute atomic E-state index is 5.47. The molecule has 8 nitrogen and oxygen atoms in total. The van der Waals surface area contributed by atoms with E-state index in [1.165, 1.54) is 5.56 Å². The predicted molar refractivity (Wildman–Crippen MR) is 132 cm³/mol. The molecule has 1 atom stereocenters. The molecule has 0 spiro atoms. The van der Waals surface area contributed by atoms with Crippen LogP contribution in [-0.4, -0.2) is 37.5 Å². The van der Waals surface area contributed by atoms with Crippen molar-refractivity contribution in [2.45, 2.75) is 12.5 Å². The van der Waals surface area contributed by atoms with Gasteiger partial charge in [-0.1, -0.05) is 30.3 Å². The van der Waals surface area contributed by atoms with Gasteiger partial charge in [0.05, 0.1) is 37.6 Å². The van der Waals surface area contributed by atoms with Crippen molar-refractivity contribution in [1.29, 1.82) is 0 Å². The van der Waals surface area contributed by atoms with Crippen LogP contribution in [0.1, 0.15) is 18.0 Å². The molecular formula is C24H23N5O3S. The number of fused-ring (bicyclic) bond motifs is 1. The number of hydrogen-bond acceptors (Lipinski definition) is 9. The van der Waals surface area contributed by atoms with E-state index in [2.05, 4.69) is 22.6 Å². The van der Waals surface area contributed by atoms with Crippen LogP contribution in [0.4, 0.5) is 17.5 Å². The van der Waals surface area contributed by atoms with Crippen LogP contribution in [0.2, 0.25) is 0 Å². The van der Waals surface area contributed by atoms with E-state index in [0.29, 0.717) is 23.2 Å². The summed E-state index contributed by atoms with van der Waals surface area (Å²) in [6.45, 7) is 0. The molecule has 1 aliphatic rings. The molecule has 1 unspecified atom stereocenters. The summed E-state index contributed by atoms with van der Waals surface area (Å²) < 4.78 is 17.4. The summed E-state index contributed by atoms with van der Waals surface area (Å²) in [7, 11) is 4.75. The smallest absolute Gasteiger partial charge is 0.229 e. The van der Waals surface area contributed by atoms with Gasteiger partial charge in [0, 0.05) is 30.5 Å². The van der Waals surface area contributed by atoms with E-state index >= 15 is 0 Å². The molecule has 0 saturated heterocycles. The molecule has 4 aromatic rings. The minimum atomic E-state index is 0.0837. The Kier molecular flexibility index (Phi) is 5.70. The molecule has 2 aromatic carbocycles. The molecule has 2 aromatic heterocycles. The number of benzene rings is 2. The lowest BCUT2D eigenvalue weighted by Gasteiger charge is -2.24. The number of thiophene rings is 1. The van der Waals surface area contributed by atoms with E-state index in [-0.39, 0.29) is 6.04 Å². The van der Waals surface area contributed by atoms with Crippen molar-refractivity contribution in [2.75, 3.05) is 31.7 Å². The van der Waals surface area contributed by atoms with Crippen LogP contribution in [0, 0.1) is 0 Å². The van der Waals surface area contributed by atoms with Crippen molar-refractivity contribution in [3.63, 3.8) is 0 Å². The molecule has 3 heterocycles. The van der Waals surface area contributed by atoms with Crippen LogP contribution < -0.4 is 24.5 Å². The highest BCUT2D eigenvalue weighted by Crippen LogP contribution is 2.42. The highest BCUT2D eigenvalue weighted by Gasteiger charge is 2.28. The lowest BCUT2D eigenvalue weighted by atomic mass is 10.0. The van der Waals surface area contributed by atoms with Crippen molar-refractivity contribution in [2.24, 2.45) is 5.10 Å². The molecular weight excluding hydrogens is 438 g/mol.